The third-order valence-electron chi connectivity index (χ3n) is 2.59. The number of rotatable bonds is 2. The molecule has 1 aromatic carbocycles. The van der Waals surface area contributed by atoms with E-state index in [1.165, 1.54) is 28.8 Å². The number of aromatic hydroxyl groups is 1. The van der Waals surface area contributed by atoms with Crippen molar-refractivity contribution < 1.29 is 10.0 Å². The largest absolute Gasteiger partial charge is 0.503 e. The number of nitro groups is 1. The second kappa shape index (κ2) is 3.89. The number of non-ortho nitro benzene ring substituents is 1. The van der Waals surface area contributed by atoms with E-state index in [4.69, 9.17) is 0 Å². The second-order valence-electron chi connectivity index (χ2n) is 3.58. The van der Waals surface area contributed by atoms with Crippen molar-refractivity contribution in [2.24, 2.45) is 0 Å². The van der Waals surface area contributed by atoms with Crippen LogP contribution in [0.2, 0.25) is 0 Å². The monoisotopic (exact) mass is 234 g/mol. The highest BCUT2D eigenvalue weighted by molar-refractivity contribution is 5.82. The molecule has 0 aliphatic rings. The van der Waals surface area contributed by atoms with E-state index < -0.39 is 16.2 Å². The fourth-order valence-electron chi connectivity index (χ4n) is 1.79. The van der Waals surface area contributed by atoms with Crippen molar-refractivity contribution >= 4 is 16.6 Å². The summed E-state index contributed by atoms with van der Waals surface area (Å²) < 4.78 is 1.37. The highest BCUT2D eigenvalue weighted by Gasteiger charge is 2.11. The van der Waals surface area contributed by atoms with Crippen molar-refractivity contribution in [3.63, 3.8) is 0 Å². The van der Waals surface area contributed by atoms with E-state index in [1.54, 1.807) is 6.92 Å². The number of benzene rings is 1. The molecule has 0 saturated heterocycles. The van der Waals surface area contributed by atoms with E-state index in [2.05, 4.69) is 0 Å². The van der Waals surface area contributed by atoms with Gasteiger partial charge in [-0.05, 0) is 19.1 Å². The Morgan fingerprint density at radius 1 is 1.41 bits per heavy atom. The molecule has 6 heteroatoms. The normalized spacial score (nSPS) is 10.6. The Labute approximate surface area is 95.9 Å². The standard InChI is InChI=1S/C11H10N2O4/c1-2-12-9-4-3-8(13(16)17)5-7(9)6-10(14)11(12)15/h3-6,14H,2H2,1H3. The molecule has 0 spiro atoms. The van der Waals surface area contributed by atoms with Gasteiger partial charge in [0, 0.05) is 24.1 Å². The lowest BCUT2D eigenvalue weighted by Crippen LogP contribution is -2.18. The number of pyridine rings is 1. The summed E-state index contributed by atoms with van der Waals surface area (Å²) in [6.45, 7) is 2.16. The predicted octanol–water partition coefficient (Wildman–Crippen LogP) is 1.64. The maximum atomic E-state index is 11.6. The molecule has 0 fully saturated rings. The Balaban J connectivity index is 2.85. The SMILES string of the molecule is CCn1c(=O)c(O)cc2cc([N+](=O)[O-])ccc21. The van der Waals surface area contributed by atoms with Crippen LogP contribution in [0.4, 0.5) is 5.69 Å². The van der Waals surface area contributed by atoms with Gasteiger partial charge in [0.25, 0.3) is 11.2 Å². The van der Waals surface area contributed by atoms with Crippen LogP contribution in [0.3, 0.4) is 0 Å². The first-order chi connectivity index (χ1) is 8.04. The molecule has 0 amide bonds. The van der Waals surface area contributed by atoms with E-state index in [-0.39, 0.29) is 5.69 Å². The molecular formula is C11H10N2O4. The molecular weight excluding hydrogens is 224 g/mol. The van der Waals surface area contributed by atoms with Crippen LogP contribution in [0.5, 0.6) is 5.75 Å². The van der Waals surface area contributed by atoms with Crippen LogP contribution in [0.1, 0.15) is 6.92 Å². The minimum absolute atomic E-state index is 0.0711. The summed E-state index contributed by atoms with van der Waals surface area (Å²) in [4.78, 5) is 21.7. The molecule has 88 valence electrons. The molecule has 6 nitrogen and oxygen atoms in total. The summed E-state index contributed by atoms with van der Waals surface area (Å²) in [5, 5.41) is 20.6. The van der Waals surface area contributed by atoms with Crippen LogP contribution in [0, 0.1) is 10.1 Å². The van der Waals surface area contributed by atoms with E-state index in [0.717, 1.165) is 0 Å². The summed E-state index contributed by atoms with van der Waals surface area (Å²) in [6, 6.07) is 5.43. The third-order valence-corrected chi connectivity index (χ3v) is 2.59. The Hall–Kier alpha value is -2.37. The van der Waals surface area contributed by atoms with Crippen LogP contribution in [0.15, 0.2) is 29.1 Å². The molecule has 2 rings (SSSR count). The number of nitro benzene ring substituents is 1. The number of fused-ring (bicyclic) bond motifs is 1. The number of nitrogens with zero attached hydrogens (tertiary/aromatic N) is 2. The molecule has 17 heavy (non-hydrogen) atoms. The third kappa shape index (κ3) is 1.73. The van der Waals surface area contributed by atoms with Gasteiger partial charge in [-0.15, -0.1) is 0 Å². The van der Waals surface area contributed by atoms with Gasteiger partial charge in [0.15, 0.2) is 5.75 Å². The maximum absolute atomic E-state index is 11.6. The molecule has 1 aromatic heterocycles. The minimum atomic E-state index is -0.516. The zero-order valence-electron chi connectivity index (χ0n) is 9.08. The van der Waals surface area contributed by atoms with Gasteiger partial charge in [0.05, 0.1) is 10.4 Å². The van der Waals surface area contributed by atoms with E-state index in [1.807, 2.05) is 0 Å². The van der Waals surface area contributed by atoms with Crippen LogP contribution in [-0.4, -0.2) is 14.6 Å². The highest BCUT2D eigenvalue weighted by atomic mass is 16.6. The van der Waals surface area contributed by atoms with Crippen molar-refractivity contribution in [1.29, 1.82) is 0 Å². The molecule has 0 bridgehead atoms. The van der Waals surface area contributed by atoms with Crippen LogP contribution >= 0.6 is 0 Å². The molecule has 1 heterocycles. The van der Waals surface area contributed by atoms with Crippen molar-refractivity contribution in [1.82, 2.24) is 4.57 Å². The van der Waals surface area contributed by atoms with Crippen molar-refractivity contribution in [2.45, 2.75) is 13.5 Å². The zero-order chi connectivity index (χ0) is 12.6. The van der Waals surface area contributed by atoms with Gasteiger partial charge in [-0.3, -0.25) is 14.9 Å². The lowest BCUT2D eigenvalue weighted by Gasteiger charge is -2.08. The molecule has 0 unspecified atom stereocenters. The van der Waals surface area contributed by atoms with Crippen molar-refractivity contribution in [3.8, 4) is 5.75 Å². The maximum Gasteiger partial charge on any atom is 0.293 e. The molecule has 1 N–H and O–H groups in total. The summed E-state index contributed by atoms with van der Waals surface area (Å²) in [6.07, 6.45) is 0. The van der Waals surface area contributed by atoms with Gasteiger partial charge in [0.1, 0.15) is 0 Å². The first-order valence-corrected chi connectivity index (χ1v) is 5.05. The fourth-order valence-corrected chi connectivity index (χ4v) is 1.79. The number of hydrogen-bond donors (Lipinski definition) is 1. The number of hydrogen-bond acceptors (Lipinski definition) is 4. The minimum Gasteiger partial charge on any atom is -0.503 e. The molecule has 0 aliphatic heterocycles. The summed E-state index contributed by atoms with van der Waals surface area (Å²) in [5.74, 6) is -0.403. The second-order valence-corrected chi connectivity index (χ2v) is 3.58. The van der Waals surface area contributed by atoms with Crippen LogP contribution < -0.4 is 5.56 Å². The first kappa shape index (κ1) is 11.1. The van der Waals surface area contributed by atoms with Crippen LogP contribution in [-0.2, 0) is 6.54 Å². The average Bonchev–Trinajstić information content (AvgIpc) is 2.30. The van der Waals surface area contributed by atoms with Gasteiger partial charge < -0.3 is 9.67 Å². The van der Waals surface area contributed by atoms with Crippen molar-refractivity contribution in [3.05, 3.63) is 44.7 Å². The average molecular weight is 234 g/mol. The highest BCUT2D eigenvalue weighted by Crippen LogP contribution is 2.22. The van der Waals surface area contributed by atoms with Gasteiger partial charge >= 0.3 is 0 Å². The number of aryl methyl sites for hydroxylation is 1. The summed E-state index contributed by atoms with van der Waals surface area (Å²) in [7, 11) is 0. The molecule has 2 aromatic rings. The van der Waals surface area contributed by atoms with Crippen molar-refractivity contribution in [2.75, 3.05) is 0 Å². The van der Waals surface area contributed by atoms with E-state index in [0.29, 0.717) is 17.4 Å². The Morgan fingerprint density at radius 2 is 2.12 bits per heavy atom. The lowest BCUT2D eigenvalue weighted by atomic mass is 10.2. The van der Waals surface area contributed by atoms with Gasteiger partial charge in [0.2, 0.25) is 0 Å². The first-order valence-electron chi connectivity index (χ1n) is 5.05. The predicted molar refractivity (Wildman–Crippen MR) is 62.2 cm³/mol. The van der Waals surface area contributed by atoms with E-state index in [9.17, 15) is 20.0 Å². The van der Waals surface area contributed by atoms with Gasteiger partial charge in [-0.1, -0.05) is 0 Å². The van der Waals surface area contributed by atoms with Crippen LogP contribution in [0.25, 0.3) is 10.9 Å². The quantitative estimate of drug-likeness (QED) is 0.632. The molecule has 0 saturated carbocycles. The smallest absolute Gasteiger partial charge is 0.293 e. The Morgan fingerprint density at radius 3 is 2.71 bits per heavy atom. The topological polar surface area (TPSA) is 85.4 Å². The summed E-state index contributed by atoms with van der Waals surface area (Å²) >= 11 is 0. The van der Waals surface area contributed by atoms with E-state index >= 15 is 0 Å². The molecule has 0 radical (unpaired) electrons. The Kier molecular flexibility index (Phi) is 2.55. The molecule has 0 aliphatic carbocycles. The van der Waals surface area contributed by atoms with Gasteiger partial charge in [-0.2, -0.15) is 0 Å². The Bertz CT molecular complexity index is 660. The molecule has 0 atom stereocenters. The summed E-state index contributed by atoms with van der Waals surface area (Å²) in [5.41, 5.74) is 0.00737. The fraction of sp³-hybridized carbons (Fsp3) is 0.182. The lowest BCUT2D eigenvalue weighted by molar-refractivity contribution is -0.384. The van der Waals surface area contributed by atoms with Gasteiger partial charge in [-0.25, -0.2) is 0 Å². The number of aromatic nitrogens is 1. The zero-order valence-corrected chi connectivity index (χ0v) is 9.08.